The summed E-state index contributed by atoms with van der Waals surface area (Å²) in [6.45, 7) is 2.37. The molecule has 5 rings (SSSR count). The molecule has 0 atom stereocenters. The van der Waals surface area contributed by atoms with Crippen molar-refractivity contribution in [1.82, 2.24) is 24.8 Å². The van der Waals surface area contributed by atoms with E-state index in [0.717, 1.165) is 16.7 Å². The van der Waals surface area contributed by atoms with E-state index in [0.29, 0.717) is 57.9 Å². The van der Waals surface area contributed by atoms with E-state index in [9.17, 15) is 9.18 Å². The summed E-state index contributed by atoms with van der Waals surface area (Å²) < 4.78 is 14.5. The fraction of sp³-hybridized carbons (Fsp3) is 0.167. The number of pyridine rings is 2. The summed E-state index contributed by atoms with van der Waals surface area (Å²) >= 11 is 0. The number of nitrogens with one attached hydrogen (secondary N) is 3. The second-order valence-electron chi connectivity index (χ2n) is 9.80. The van der Waals surface area contributed by atoms with E-state index in [2.05, 4.69) is 20.3 Å². The fourth-order valence-corrected chi connectivity index (χ4v) is 4.52. The summed E-state index contributed by atoms with van der Waals surface area (Å²) in [5, 5.41) is 11.8. The van der Waals surface area contributed by atoms with Crippen molar-refractivity contribution in [2.45, 2.75) is 19.9 Å². The number of H-pyrrole nitrogens is 1. The van der Waals surface area contributed by atoms with Gasteiger partial charge in [0.05, 0.1) is 29.1 Å². The number of nitrogens with two attached hydrogens (primary N) is 1. The van der Waals surface area contributed by atoms with Crippen molar-refractivity contribution in [3.63, 3.8) is 0 Å². The summed E-state index contributed by atoms with van der Waals surface area (Å²) in [5.74, 6) is -0.142. The molecule has 3 heterocycles. The molecule has 10 heteroatoms. The predicted molar refractivity (Wildman–Crippen MR) is 156 cm³/mol. The molecule has 5 aromatic rings. The minimum atomic E-state index is -0.340. The number of rotatable bonds is 8. The third-order valence-corrected chi connectivity index (χ3v) is 6.40. The number of hydrogen-bond acceptors (Lipinski definition) is 7. The Balaban J connectivity index is 1.51. The highest BCUT2D eigenvalue weighted by Gasteiger charge is 2.18. The molecule has 202 valence electrons. The van der Waals surface area contributed by atoms with Crippen molar-refractivity contribution in [3.8, 4) is 22.3 Å². The standard InChI is InChI=1S/C30H29FN8O/c1-4-27(40)36-22-10-20(12-34-13-22)18-5-6-25(32)23(11-18)28(33)30-37-26-15-35-14-24(29(26)38-30)19-7-17(16-39(2)3)8-21(31)9-19/h5-15,33H,4,16,32H2,1-3H3,(H,36,40)(H,37,38). The maximum absolute atomic E-state index is 14.5. The van der Waals surface area contributed by atoms with Crippen LogP contribution in [0.4, 0.5) is 15.8 Å². The van der Waals surface area contributed by atoms with Gasteiger partial charge in [-0.1, -0.05) is 13.0 Å². The highest BCUT2D eigenvalue weighted by molar-refractivity contribution is 6.13. The third-order valence-electron chi connectivity index (χ3n) is 6.40. The molecule has 3 aromatic heterocycles. The zero-order valence-corrected chi connectivity index (χ0v) is 22.4. The first-order chi connectivity index (χ1) is 19.2. The molecule has 0 aliphatic heterocycles. The van der Waals surface area contributed by atoms with E-state index in [4.69, 9.17) is 16.1 Å². The van der Waals surface area contributed by atoms with Gasteiger partial charge in [0.15, 0.2) is 5.82 Å². The predicted octanol–water partition coefficient (Wildman–Crippen LogP) is 5.23. The van der Waals surface area contributed by atoms with Crippen molar-refractivity contribution < 1.29 is 9.18 Å². The smallest absolute Gasteiger partial charge is 0.224 e. The van der Waals surface area contributed by atoms with Crippen LogP contribution in [0.2, 0.25) is 0 Å². The number of imidazole rings is 1. The van der Waals surface area contributed by atoms with Gasteiger partial charge in [0.2, 0.25) is 5.91 Å². The van der Waals surface area contributed by atoms with Gasteiger partial charge in [0, 0.05) is 47.7 Å². The molecule has 0 unspecified atom stereocenters. The SMILES string of the molecule is CCC(=O)Nc1cncc(-c2ccc(N)c(C(=N)c3nc4c(-c5cc(F)cc(CN(C)C)c5)cncc4[nH]3)c2)c1. The second-order valence-corrected chi connectivity index (χ2v) is 9.80. The number of anilines is 2. The van der Waals surface area contributed by atoms with Crippen molar-refractivity contribution in [2.75, 3.05) is 25.1 Å². The molecule has 0 fully saturated rings. The maximum Gasteiger partial charge on any atom is 0.224 e. The number of amides is 1. The summed E-state index contributed by atoms with van der Waals surface area (Å²) in [5.41, 5.74) is 12.7. The van der Waals surface area contributed by atoms with Crippen molar-refractivity contribution in [2.24, 2.45) is 0 Å². The van der Waals surface area contributed by atoms with Gasteiger partial charge in [0.25, 0.3) is 0 Å². The Morgan fingerprint density at radius 2 is 1.82 bits per heavy atom. The first-order valence-corrected chi connectivity index (χ1v) is 12.7. The molecule has 40 heavy (non-hydrogen) atoms. The van der Waals surface area contributed by atoms with Gasteiger partial charge in [-0.05, 0) is 67.2 Å². The summed E-state index contributed by atoms with van der Waals surface area (Å²) in [7, 11) is 3.85. The Morgan fingerprint density at radius 3 is 2.60 bits per heavy atom. The minimum Gasteiger partial charge on any atom is -0.398 e. The lowest BCUT2D eigenvalue weighted by atomic mass is 10.00. The van der Waals surface area contributed by atoms with Gasteiger partial charge >= 0.3 is 0 Å². The molecule has 0 radical (unpaired) electrons. The van der Waals surface area contributed by atoms with Crippen LogP contribution in [0, 0.1) is 11.2 Å². The molecule has 2 aromatic carbocycles. The number of aromatic nitrogens is 4. The quantitative estimate of drug-likeness (QED) is 0.158. The average molecular weight is 537 g/mol. The number of nitrogens with zero attached hydrogens (tertiary/aromatic N) is 4. The van der Waals surface area contributed by atoms with Crippen molar-refractivity contribution in [3.05, 3.63) is 90.0 Å². The summed E-state index contributed by atoms with van der Waals surface area (Å²) in [6, 6.07) is 12.1. The number of carbonyl (C=O) groups excluding carboxylic acids is 1. The van der Waals surface area contributed by atoms with Crippen LogP contribution in [-0.2, 0) is 11.3 Å². The minimum absolute atomic E-state index is 0.0949. The van der Waals surface area contributed by atoms with E-state index < -0.39 is 0 Å². The number of halogens is 1. The summed E-state index contributed by atoms with van der Waals surface area (Å²) in [4.78, 5) is 30.2. The zero-order chi connectivity index (χ0) is 28.4. The van der Waals surface area contributed by atoms with Gasteiger partial charge in [-0.15, -0.1) is 0 Å². The second kappa shape index (κ2) is 11.0. The van der Waals surface area contributed by atoms with Crippen LogP contribution in [0.25, 0.3) is 33.3 Å². The van der Waals surface area contributed by atoms with E-state index >= 15 is 0 Å². The Kier molecular flexibility index (Phi) is 7.35. The number of carbonyl (C=O) groups is 1. The molecule has 0 spiro atoms. The van der Waals surface area contributed by atoms with E-state index in [1.54, 1.807) is 43.8 Å². The number of benzene rings is 2. The van der Waals surface area contributed by atoms with Gasteiger partial charge in [-0.25, -0.2) is 9.37 Å². The molecule has 1 amide bonds. The van der Waals surface area contributed by atoms with E-state index in [1.165, 1.54) is 12.1 Å². The van der Waals surface area contributed by atoms with Crippen LogP contribution in [0.3, 0.4) is 0 Å². The van der Waals surface area contributed by atoms with Gasteiger partial charge in [-0.2, -0.15) is 0 Å². The molecule has 0 aliphatic rings. The zero-order valence-electron chi connectivity index (χ0n) is 22.4. The van der Waals surface area contributed by atoms with Crippen LogP contribution in [0.5, 0.6) is 0 Å². The van der Waals surface area contributed by atoms with E-state index in [-0.39, 0.29) is 17.4 Å². The Morgan fingerprint density at radius 1 is 1.02 bits per heavy atom. The van der Waals surface area contributed by atoms with Crippen LogP contribution in [-0.4, -0.2) is 50.6 Å². The lowest BCUT2D eigenvalue weighted by Gasteiger charge is -2.11. The van der Waals surface area contributed by atoms with E-state index in [1.807, 2.05) is 37.2 Å². The van der Waals surface area contributed by atoms with Crippen LogP contribution < -0.4 is 11.1 Å². The first kappa shape index (κ1) is 26.6. The van der Waals surface area contributed by atoms with Gasteiger partial charge < -0.3 is 20.9 Å². The number of aromatic amines is 1. The number of hydrogen-bond donors (Lipinski definition) is 4. The average Bonchev–Trinajstić information content (AvgIpc) is 3.37. The monoisotopic (exact) mass is 536 g/mol. The summed E-state index contributed by atoms with van der Waals surface area (Å²) in [6.07, 6.45) is 6.91. The lowest BCUT2D eigenvalue weighted by molar-refractivity contribution is -0.115. The number of fused-ring (bicyclic) bond motifs is 1. The van der Waals surface area contributed by atoms with Gasteiger partial charge in [0.1, 0.15) is 11.5 Å². The van der Waals surface area contributed by atoms with Crippen molar-refractivity contribution >= 4 is 34.0 Å². The lowest BCUT2D eigenvalue weighted by Crippen LogP contribution is -2.10. The van der Waals surface area contributed by atoms with Crippen molar-refractivity contribution in [1.29, 1.82) is 5.41 Å². The molecule has 5 N–H and O–H groups in total. The highest BCUT2D eigenvalue weighted by atomic mass is 19.1. The molecular weight excluding hydrogens is 507 g/mol. The molecule has 0 saturated carbocycles. The molecule has 0 aliphatic carbocycles. The molecule has 0 bridgehead atoms. The Bertz CT molecular complexity index is 1740. The van der Waals surface area contributed by atoms with Crippen LogP contribution in [0.1, 0.15) is 30.3 Å². The van der Waals surface area contributed by atoms with Crippen LogP contribution in [0.15, 0.2) is 67.3 Å². The topological polar surface area (TPSA) is 137 Å². The largest absolute Gasteiger partial charge is 0.398 e. The third kappa shape index (κ3) is 5.57. The molecule has 0 saturated heterocycles. The maximum atomic E-state index is 14.5. The Labute approximate surface area is 230 Å². The number of nitrogen functional groups attached to an aromatic ring is 1. The Hall–Kier alpha value is -4.96. The van der Waals surface area contributed by atoms with Gasteiger partial charge in [-0.3, -0.25) is 20.2 Å². The first-order valence-electron chi connectivity index (χ1n) is 12.7. The fourth-order valence-electron chi connectivity index (χ4n) is 4.52. The van der Waals surface area contributed by atoms with Crippen LogP contribution >= 0.6 is 0 Å². The highest BCUT2D eigenvalue weighted by Crippen LogP contribution is 2.30. The molecule has 9 nitrogen and oxygen atoms in total. The normalized spacial score (nSPS) is 11.2. The molecular formula is C30H29FN8O.